The summed E-state index contributed by atoms with van der Waals surface area (Å²) in [5.41, 5.74) is 2.26. The van der Waals surface area contributed by atoms with Gasteiger partial charge in [-0.1, -0.05) is 26.0 Å². The van der Waals surface area contributed by atoms with Crippen LogP contribution in [0.25, 0.3) is 10.9 Å². The van der Waals surface area contributed by atoms with Gasteiger partial charge in [0.2, 0.25) is 5.91 Å². The lowest BCUT2D eigenvalue weighted by Gasteiger charge is -2.34. The van der Waals surface area contributed by atoms with Crippen molar-refractivity contribution in [1.82, 2.24) is 14.4 Å². The van der Waals surface area contributed by atoms with Gasteiger partial charge in [0, 0.05) is 49.6 Å². The van der Waals surface area contributed by atoms with Gasteiger partial charge in [-0.15, -0.1) is 0 Å². The Hall–Kier alpha value is -1.85. The average molecular weight is 367 g/mol. The molecule has 1 aromatic carbocycles. The molecule has 4 heterocycles. The lowest BCUT2D eigenvalue weighted by atomic mass is 10.0. The summed E-state index contributed by atoms with van der Waals surface area (Å²) >= 11 is 0. The van der Waals surface area contributed by atoms with E-state index >= 15 is 0 Å². The number of likely N-dealkylation sites (tertiary alicyclic amines) is 1. The van der Waals surface area contributed by atoms with Crippen LogP contribution in [0.15, 0.2) is 30.5 Å². The Labute approximate surface area is 160 Å². The fraction of sp³-hybridized carbons (Fsp3) is 0.591. The van der Waals surface area contributed by atoms with E-state index in [1.54, 1.807) is 0 Å². The Morgan fingerprint density at radius 1 is 1.30 bits per heavy atom. The SMILES string of the molecule is CCn1ccc2c(CN3CC[C@@]45OC[C@@H](C(C)C)N4C(=O)C[C@@H]35)cccc21. The summed E-state index contributed by atoms with van der Waals surface area (Å²) in [7, 11) is 0. The number of amides is 1. The van der Waals surface area contributed by atoms with E-state index in [-0.39, 0.29) is 23.7 Å². The predicted molar refractivity (Wildman–Crippen MR) is 105 cm³/mol. The van der Waals surface area contributed by atoms with Crippen LogP contribution >= 0.6 is 0 Å². The van der Waals surface area contributed by atoms with Gasteiger partial charge >= 0.3 is 0 Å². The molecule has 5 nitrogen and oxygen atoms in total. The summed E-state index contributed by atoms with van der Waals surface area (Å²) in [6.07, 6.45) is 3.70. The summed E-state index contributed by atoms with van der Waals surface area (Å²) in [6.45, 7) is 10.1. The third-order valence-electron chi connectivity index (χ3n) is 6.99. The zero-order valence-corrected chi connectivity index (χ0v) is 16.5. The van der Waals surface area contributed by atoms with E-state index < -0.39 is 0 Å². The maximum absolute atomic E-state index is 12.8. The van der Waals surface area contributed by atoms with Crippen molar-refractivity contribution >= 4 is 16.8 Å². The maximum Gasteiger partial charge on any atom is 0.226 e. The minimum Gasteiger partial charge on any atom is -0.352 e. The molecular weight excluding hydrogens is 338 g/mol. The number of hydrogen-bond donors (Lipinski definition) is 0. The first-order valence-corrected chi connectivity index (χ1v) is 10.3. The molecular formula is C22H29N3O2. The highest BCUT2D eigenvalue weighted by atomic mass is 16.5. The van der Waals surface area contributed by atoms with Crippen LogP contribution in [0.2, 0.25) is 0 Å². The monoisotopic (exact) mass is 367 g/mol. The van der Waals surface area contributed by atoms with Crippen LogP contribution in [-0.4, -0.2) is 51.2 Å². The molecule has 3 atom stereocenters. The highest BCUT2D eigenvalue weighted by Crippen LogP contribution is 2.49. The minimum atomic E-state index is -0.380. The molecule has 0 N–H and O–H groups in total. The van der Waals surface area contributed by atoms with Crippen molar-refractivity contribution < 1.29 is 9.53 Å². The first kappa shape index (κ1) is 17.3. The van der Waals surface area contributed by atoms with Crippen molar-refractivity contribution in [2.45, 2.75) is 64.5 Å². The number of carbonyl (C=O) groups excluding carboxylic acids is 1. The van der Waals surface area contributed by atoms with E-state index in [0.717, 1.165) is 26.1 Å². The number of ether oxygens (including phenoxy) is 1. The molecule has 3 fully saturated rings. The normalized spacial score (nSPS) is 30.7. The molecule has 3 saturated heterocycles. The molecule has 0 saturated carbocycles. The molecule has 1 spiro atoms. The number of aryl methyl sites for hydroxylation is 1. The smallest absolute Gasteiger partial charge is 0.226 e. The Morgan fingerprint density at radius 2 is 2.15 bits per heavy atom. The summed E-state index contributed by atoms with van der Waals surface area (Å²) in [5.74, 6) is 0.708. The van der Waals surface area contributed by atoms with Crippen LogP contribution in [0.5, 0.6) is 0 Å². The predicted octanol–water partition coefficient (Wildman–Crippen LogP) is 3.22. The van der Waals surface area contributed by atoms with E-state index in [1.165, 1.54) is 16.5 Å². The largest absolute Gasteiger partial charge is 0.352 e. The Bertz CT molecular complexity index is 889. The van der Waals surface area contributed by atoms with Crippen LogP contribution in [0.3, 0.4) is 0 Å². The lowest BCUT2D eigenvalue weighted by Crippen LogP contribution is -2.50. The van der Waals surface area contributed by atoms with Crippen molar-refractivity contribution in [1.29, 1.82) is 0 Å². The molecule has 1 amide bonds. The van der Waals surface area contributed by atoms with E-state index in [0.29, 0.717) is 18.9 Å². The number of hydrogen-bond acceptors (Lipinski definition) is 3. The Balaban J connectivity index is 1.45. The van der Waals surface area contributed by atoms with E-state index in [4.69, 9.17) is 4.74 Å². The van der Waals surface area contributed by atoms with Crippen LogP contribution in [0.1, 0.15) is 39.2 Å². The molecule has 2 aromatic rings. The van der Waals surface area contributed by atoms with Crippen molar-refractivity contribution in [3.05, 3.63) is 36.0 Å². The average Bonchev–Trinajstić information content (AvgIpc) is 3.37. The zero-order chi connectivity index (χ0) is 18.8. The van der Waals surface area contributed by atoms with Crippen molar-refractivity contribution in [3.8, 4) is 0 Å². The summed E-state index contributed by atoms with van der Waals surface area (Å²) in [6, 6.07) is 9.22. The second kappa shape index (κ2) is 6.08. The van der Waals surface area contributed by atoms with Crippen molar-refractivity contribution in [2.75, 3.05) is 13.2 Å². The maximum atomic E-state index is 12.8. The van der Waals surface area contributed by atoms with Gasteiger partial charge in [-0.3, -0.25) is 9.69 Å². The van der Waals surface area contributed by atoms with Gasteiger partial charge in [-0.05, 0) is 30.5 Å². The highest BCUT2D eigenvalue weighted by Gasteiger charge is 2.64. The fourth-order valence-electron chi connectivity index (χ4n) is 5.56. The molecule has 3 aliphatic heterocycles. The summed E-state index contributed by atoms with van der Waals surface area (Å²) in [4.78, 5) is 17.4. The van der Waals surface area contributed by atoms with Crippen LogP contribution in [0.4, 0.5) is 0 Å². The first-order chi connectivity index (χ1) is 13.0. The van der Waals surface area contributed by atoms with Gasteiger partial charge in [0.05, 0.1) is 18.7 Å². The van der Waals surface area contributed by atoms with Gasteiger partial charge in [-0.25, -0.2) is 0 Å². The molecule has 0 aliphatic carbocycles. The topological polar surface area (TPSA) is 37.7 Å². The van der Waals surface area contributed by atoms with Gasteiger partial charge in [0.25, 0.3) is 0 Å². The van der Waals surface area contributed by atoms with Gasteiger partial charge in [0.1, 0.15) is 0 Å². The third kappa shape index (κ3) is 2.34. The second-order valence-corrected chi connectivity index (χ2v) is 8.62. The number of nitrogens with zero attached hydrogens (tertiary/aromatic N) is 3. The highest BCUT2D eigenvalue weighted by molar-refractivity contribution is 5.84. The number of aromatic nitrogens is 1. The summed E-state index contributed by atoms with van der Waals surface area (Å²) in [5, 5.41) is 1.33. The Kier molecular flexibility index (Phi) is 3.89. The van der Waals surface area contributed by atoms with Crippen molar-refractivity contribution in [2.24, 2.45) is 5.92 Å². The number of fused-ring (bicyclic) bond motifs is 1. The minimum absolute atomic E-state index is 0.178. The molecule has 0 radical (unpaired) electrons. The lowest BCUT2D eigenvalue weighted by molar-refractivity contribution is -0.139. The molecule has 0 unspecified atom stereocenters. The van der Waals surface area contributed by atoms with E-state index in [1.807, 2.05) is 0 Å². The zero-order valence-electron chi connectivity index (χ0n) is 16.5. The van der Waals surface area contributed by atoms with E-state index in [9.17, 15) is 4.79 Å². The van der Waals surface area contributed by atoms with E-state index in [2.05, 4.69) is 65.6 Å². The quantitative estimate of drug-likeness (QED) is 0.833. The van der Waals surface area contributed by atoms with Gasteiger partial charge in [-0.2, -0.15) is 0 Å². The molecule has 5 rings (SSSR count). The van der Waals surface area contributed by atoms with Gasteiger partial charge < -0.3 is 14.2 Å². The van der Waals surface area contributed by atoms with Crippen LogP contribution in [0, 0.1) is 5.92 Å². The van der Waals surface area contributed by atoms with Gasteiger partial charge in [0.15, 0.2) is 5.72 Å². The molecule has 144 valence electrons. The standard InChI is InChI=1S/C22H29N3O2/c1-4-23-10-8-17-16(6-5-7-18(17)23)13-24-11-9-22-20(24)12-21(26)25(22)19(14-27-22)15(2)3/h5-8,10,15,19-20H,4,9,11-14H2,1-3H3/t19-,20+,22-/m0/s1. The Morgan fingerprint density at radius 3 is 2.93 bits per heavy atom. The number of benzene rings is 1. The molecule has 1 aromatic heterocycles. The second-order valence-electron chi connectivity index (χ2n) is 8.62. The first-order valence-electron chi connectivity index (χ1n) is 10.3. The number of rotatable bonds is 4. The summed E-state index contributed by atoms with van der Waals surface area (Å²) < 4.78 is 8.66. The van der Waals surface area contributed by atoms with Crippen LogP contribution in [-0.2, 0) is 22.6 Å². The van der Waals surface area contributed by atoms with Crippen molar-refractivity contribution in [3.63, 3.8) is 0 Å². The molecule has 27 heavy (non-hydrogen) atoms. The third-order valence-corrected chi connectivity index (χ3v) is 6.99. The fourth-order valence-corrected chi connectivity index (χ4v) is 5.56. The molecule has 5 heteroatoms. The number of carbonyl (C=O) groups is 1. The molecule has 0 bridgehead atoms. The van der Waals surface area contributed by atoms with Crippen LogP contribution < -0.4 is 0 Å². The molecule has 3 aliphatic rings.